The van der Waals surface area contributed by atoms with Crippen molar-refractivity contribution in [1.82, 2.24) is 15.5 Å². The van der Waals surface area contributed by atoms with Crippen LogP contribution in [-0.2, 0) is 6.42 Å². The monoisotopic (exact) mass is 267 g/mol. The van der Waals surface area contributed by atoms with Gasteiger partial charge in [-0.05, 0) is 0 Å². The summed E-state index contributed by atoms with van der Waals surface area (Å²) in [6, 6.07) is 1.08. The Balaban J connectivity index is 1.85. The van der Waals surface area contributed by atoms with Crippen LogP contribution in [0.25, 0.3) is 0 Å². The highest BCUT2D eigenvalue weighted by Gasteiger charge is 2.16. The third kappa shape index (κ3) is 2.92. The maximum absolute atomic E-state index is 11.6. The van der Waals surface area contributed by atoms with E-state index in [9.17, 15) is 9.59 Å². The van der Waals surface area contributed by atoms with Crippen molar-refractivity contribution in [3.8, 4) is 0 Å². The third-order valence-corrected chi connectivity index (χ3v) is 2.74. The van der Waals surface area contributed by atoms with E-state index in [4.69, 9.17) is 5.11 Å². The number of carboxylic acid groups (broad SMARTS) is 1. The minimum Gasteiger partial charge on any atom is -0.475 e. The van der Waals surface area contributed by atoms with E-state index in [1.54, 1.807) is 5.51 Å². The first kappa shape index (κ1) is 12.2. The molecule has 0 aliphatic rings. The van der Waals surface area contributed by atoms with Crippen LogP contribution in [0.1, 0.15) is 26.7 Å². The van der Waals surface area contributed by atoms with Crippen molar-refractivity contribution in [1.29, 1.82) is 0 Å². The zero-order chi connectivity index (χ0) is 13.0. The van der Waals surface area contributed by atoms with Gasteiger partial charge in [0.1, 0.15) is 0 Å². The van der Waals surface area contributed by atoms with Crippen LogP contribution in [0, 0.1) is 0 Å². The topological polar surface area (TPSA) is 105 Å². The minimum atomic E-state index is -1.26. The lowest BCUT2D eigenvalue weighted by molar-refractivity contribution is 0.0651. The normalized spacial score (nSPS) is 10.2. The van der Waals surface area contributed by atoms with Crippen LogP contribution in [0.3, 0.4) is 0 Å². The number of aromatic carboxylic acids is 1. The number of aromatic nitrogens is 2. The van der Waals surface area contributed by atoms with Crippen molar-refractivity contribution < 1.29 is 19.2 Å². The summed E-state index contributed by atoms with van der Waals surface area (Å²) in [6.45, 7) is 0.401. The zero-order valence-electron chi connectivity index (χ0n) is 9.12. The lowest BCUT2D eigenvalue weighted by Crippen LogP contribution is -2.26. The largest absolute Gasteiger partial charge is 0.475 e. The Bertz CT molecular complexity index is 549. The molecule has 0 saturated heterocycles. The van der Waals surface area contributed by atoms with Crippen LogP contribution in [-0.4, -0.2) is 33.7 Å². The summed E-state index contributed by atoms with van der Waals surface area (Å²) >= 11 is 1.48. The quantitative estimate of drug-likeness (QED) is 0.830. The predicted molar refractivity (Wildman–Crippen MR) is 61.6 cm³/mol. The molecule has 2 aromatic rings. The Kier molecular flexibility index (Phi) is 3.68. The number of nitrogens with one attached hydrogen (secondary N) is 1. The molecule has 2 aromatic heterocycles. The maximum atomic E-state index is 11.6. The molecule has 0 saturated carbocycles. The van der Waals surface area contributed by atoms with E-state index < -0.39 is 11.9 Å². The van der Waals surface area contributed by atoms with Crippen LogP contribution in [0.4, 0.5) is 0 Å². The van der Waals surface area contributed by atoms with Crippen LogP contribution >= 0.6 is 11.3 Å². The van der Waals surface area contributed by atoms with E-state index in [1.807, 2.05) is 5.38 Å². The molecule has 0 aromatic carbocycles. The zero-order valence-corrected chi connectivity index (χ0v) is 9.94. The van der Waals surface area contributed by atoms with Crippen LogP contribution < -0.4 is 5.32 Å². The van der Waals surface area contributed by atoms with Gasteiger partial charge < -0.3 is 14.9 Å². The molecule has 0 aliphatic carbocycles. The predicted octanol–water partition coefficient (Wildman–Crippen LogP) is 0.802. The lowest BCUT2D eigenvalue weighted by Gasteiger charge is -1.99. The number of carbonyl (C=O) groups is 2. The van der Waals surface area contributed by atoms with Crippen molar-refractivity contribution in [3.05, 3.63) is 34.1 Å². The standard InChI is InChI=1S/C10H9N3O4S/c14-9(7-3-8(10(15)16)17-13-7)11-2-1-6-4-18-5-12-6/h3-5H,1-2H2,(H,11,14)(H,15,16). The molecule has 2 rings (SSSR count). The first-order chi connectivity index (χ1) is 8.66. The van der Waals surface area contributed by atoms with E-state index in [0.717, 1.165) is 11.8 Å². The van der Waals surface area contributed by atoms with E-state index in [2.05, 4.69) is 20.0 Å². The number of rotatable bonds is 5. The van der Waals surface area contributed by atoms with Crippen LogP contribution in [0.15, 0.2) is 21.5 Å². The number of thiazole rings is 1. The summed E-state index contributed by atoms with van der Waals surface area (Å²) in [7, 11) is 0. The van der Waals surface area contributed by atoms with Gasteiger partial charge in [0.2, 0.25) is 5.76 Å². The maximum Gasteiger partial charge on any atom is 0.374 e. The Hall–Kier alpha value is -2.22. The molecule has 18 heavy (non-hydrogen) atoms. The lowest BCUT2D eigenvalue weighted by atomic mass is 10.3. The summed E-state index contributed by atoms with van der Waals surface area (Å²) < 4.78 is 4.48. The van der Waals surface area contributed by atoms with Gasteiger partial charge in [0.05, 0.1) is 11.2 Å². The van der Waals surface area contributed by atoms with Crippen molar-refractivity contribution in [2.24, 2.45) is 0 Å². The van der Waals surface area contributed by atoms with E-state index in [0.29, 0.717) is 13.0 Å². The summed E-state index contributed by atoms with van der Waals surface area (Å²) in [4.78, 5) is 26.2. The second-order valence-electron chi connectivity index (χ2n) is 3.37. The second-order valence-corrected chi connectivity index (χ2v) is 4.09. The molecule has 0 spiro atoms. The number of hydrogen-bond acceptors (Lipinski definition) is 6. The van der Waals surface area contributed by atoms with Gasteiger partial charge in [-0.25, -0.2) is 9.78 Å². The molecule has 8 heteroatoms. The average Bonchev–Trinajstić information content (AvgIpc) is 2.99. The molecule has 0 radical (unpaired) electrons. The molecule has 0 unspecified atom stereocenters. The average molecular weight is 267 g/mol. The van der Waals surface area contributed by atoms with Gasteiger partial charge in [-0.2, -0.15) is 0 Å². The van der Waals surface area contributed by atoms with Crippen molar-refractivity contribution in [2.75, 3.05) is 6.54 Å². The fraction of sp³-hybridized carbons (Fsp3) is 0.200. The van der Waals surface area contributed by atoms with Gasteiger partial charge in [0.15, 0.2) is 5.69 Å². The number of nitrogens with zero attached hydrogens (tertiary/aromatic N) is 2. The van der Waals surface area contributed by atoms with E-state index in [-0.39, 0.29) is 11.5 Å². The minimum absolute atomic E-state index is 0.0503. The van der Waals surface area contributed by atoms with E-state index in [1.165, 1.54) is 11.3 Å². The molecule has 0 atom stereocenters. The van der Waals surface area contributed by atoms with Crippen molar-refractivity contribution in [2.45, 2.75) is 6.42 Å². The molecule has 7 nitrogen and oxygen atoms in total. The molecule has 0 bridgehead atoms. The Morgan fingerprint density at radius 3 is 2.94 bits per heavy atom. The van der Waals surface area contributed by atoms with Crippen LogP contribution in [0.5, 0.6) is 0 Å². The SMILES string of the molecule is O=C(NCCc1cscn1)c1cc(C(=O)O)on1. The van der Waals surface area contributed by atoms with Gasteiger partial charge >= 0.3 is 5.97 Å². The van der Waals surface area contributed by atoms with E-state index >= 15 is 0 Å². The molecule has 2 N–H and O–H groups in total. The Labute approximate surface area is 105 Å². The van der Waals surface area contributed by atoms with Gasteiger partial charge in [0, 0.05) is 24.4 Å². The molecule has 2 heterocycles. The first-order valence-electron chi connectivity index (χ1n) is 5.02. The van der Waals surface area contributed by atoms with Gasteiger partial charge in [-0.3, -0.25) is 4.79 Å². The van der Waals surface area contributed by atoms with Gasteiger partial charge in [-0.15, -0.1) is 11.3 Å². The fourth-order valence-corrected chi connectivity index (χ4v) is 1.83. The Morgan fingerprint density at radius 1 is 1.50 bits per heavy atom. The molecular weight excluding hydrogens is 258 g/mol. The van der Waals surface area contributed by atoms with Gasteiger partial charge in [0.25, 0.3) is 5.91 Å². The highest BCUT2D eigenvalue weighted by atomic mass is 32.1. The van der Waals surface area contributed by atoms with Gasteiger partial charge in [-0.1, -0.05) is 5.16 Å². The summed E-state index contributed by atoms with van der Waals surface area (Å²) in [5, 5.41) is 16.5. The number of amides is 1. The van der Waals surface area contributed by atoms with Crippen molar-refractivity contribution >= 4 is 23.2 Å². The molecule has 0 fully saturated rings. The third-order valence-electron chi connectivity index (χ3n) is 2.10. The Morgan fingerprint density at radius 2 is 2.33 bits per heavy atom. The van der Waals surface area contributed by atoms with Crippen molar-refractivity contribution in [3.63, 3.8) is 0 Å². The molecule has 1 amide bonds. The molecule has 94 valence electrons. The summed E-state index contributed by atoms with van der Waals surface area (Å²) in [5.41, 5.74) is 2.56. The number of hydrogen-bond donors (Lipinski definition) is 2. The fourth-order valence-electron chi connectivity index (χ4n) is 1.24. The second kappa shape index (κ2) is 5.41. The molecular formula is C10H9N3O4S. The highest BCUT2D eigenvalue weighted by molar-refractivity contribution is 7.07. The molecule has 0 aliphatic heterocycles. The number of carboxylic acids is 1. The summed E-state index contributed by atoms with van der Waals surface area (Å²) in [6.07, 6.45) is 0.610. The smallest absolute Gasteiger partial charge is 0.374 e. The first-order valence-corrected chi connectivity index (χ1v) is 5.96. The highest BCUT2D eigenvalue weighted by Crippen LogP contribution is 2.04. The van der Waals surface area contributed by atoms with Crippen LogP contribution in [0.2, 0.25) is 0 Å². The summed E-state index contributed by atoms with van der Waals surface area (Å²) in [5.74, 6) is -2.09. The number of carbonyl (C=O) groups excluding carboxylic acids is 1.